The van der Waals surface area contributed by atoms with Crippen LogP contribution >= 0.6 is 0 Å². The Hall–Kier alpha value is -2.60. The van der Waals surface area contributed by atoms with Gasteiger partial charge in [-0.3, -0.25) is 9.88 Å². The van der Waals surface area contributed by atoms with Gasteiger partial charge in [-0.1, -0.05) is 29.8 Å². The molecule has 0 N–H and O–H groups in total. The molecule has 3 aromatic rings. The van der Waals surface area contributed by atoms with Crippen molar-refractivity contribution < 1.29 is 8.91 Å². The van der Waals surface area contributed by atoms with Gasteiger partial charge in [0.15, 0.2) is 0 Å². The van der Waals surface area contributed by atoms with Crippen LogP contribution in [0.3, 0.4) is 0 Å². The first kappa shape index (κ1) is 15.9. The van der Waals surface area contributed by atoms with Gasteiger partial charge >= 0.3 is 0 Å². The highest BCUT2D eigenvalue weighted by Crippen LogP contribution is 2.32. The molecule has 6 heteroatoms. The van der Waals surface area contributed by atoms with Crippen molar-refractivity contribution in [2.24, 2.45) is 0 Å². The predicted molar refractivity (Wildman–Crippen MR) is 90.9 cm³/mol. The highest BCUT2D eigenvalue weighted by Gasteiger charge is 2.29. The molecule has 1 atom stereocenters. The Morgan fingerprint density at radius 1 is 1.16 bits per heavy atom. The maximum absolute atomic E-state index is 14.0. The number of rotatable bonds is 4. The fourth-order valence-electron chi connectivity index (χ4n) is 3.29. The van der Waals surface area contributed by atoms with Crippen LogP contribution in [-0.2, 0) is 6.54 Å². The lowest BCUT2D eigenvalue weighted by Crippen LogP contribution is -2.33. The summed E-state index contributed by atoms with van der Waals surface area (Å²) in [6.45, 7) is 1.44. The molecular weight excluding hydrogens is 319 g/mol. The molecule has 0 unspecified atom stereocenters. The van der Waals surface area contributed by atoms with Gasteiger partial charge in [0.25, 0.3) is 0 Å². The van der Waals surface area contributed by atoms with E-state index in [2.05, 4.69) is 20.0 Å². The fourth-order valence-corrected chi connectivity index (χ4v) is 3.29. The van der Waals surface area contributed by atoms with Crippen LogP contribution in [0.5, 0.6) is 0 Å². The number of likely N-dealkylation sites (tertiary alicyclic amines) is 1. The zero-order valence-corrected chi connectivity index (χ0v) is 13.8. The van der Waals surface area contributed by atoms with E-state index in [-0.39, 0.29) is 11.9 Å². The molecule has 25 heavy (non-hydrogen) atoms. The van der Waals surface area contributed by atoms with Crippen LogP contribution in [0.2, 0.25) is 0 Å². The Balaban J connectivity index is 1.57. The lowest BCUT2D eigenvalue weighted by Gasteiger charge is -2.33. The molecule has 0 aliphatic carbocycles. The number of nitrogens with zero attached hydrogens (tertiary/aromatic N) is 4. The van der Waals surface area contributed by atoms with Gasteiger partial charge in [0, 0.05) is 30.1 Å². The van der Waals surface area contributed by atoms with Crippen molar-refractivity contribution in [3.05, 3.63) is 66.1 Å². The number of halogens is 1. The molecular formula is C19H19FN4O. The summed E-state index contributed by atoms with van der Waals surface area (Å²) >= 11 is 0. The highest BCUT2D eigenvalue weighted by molar-refractivity contribution is 5.51. The first-order chi connectivity index (χ1) is 12.3. The molecule has 0 bridgehead atoms. The standard InChI is InChI=1S/C19H19FN4O/c20-16-8-2-1-6-15(16)13-24-11-4-3-9-17(24)19-22-18(23-25-19)14-7-5-10-21-12-14/h1-2,5-8,10,12,17H,3-4,9,11,13H2/t17-/m0/s1. The monoisotopic (exact) mass is 338 g/mol. The summed E-state index contributed by atoms with van der Waals surface area (Å²) in [4.78, 5) is 10.9. The van der Waals surface area contributed by atoms with Crippen LogP contribution in [0, 0.1) is 5.82 Å². The second kappa shape index (κ2) is 7.11. The molecule has 2 aromatic heterocycles. The largest absolute Gasteiger partial charge is 0.337 e. The molecule has 3 heterocycles. The third-order valence-corrected chi connectivity index (χ3v) is 4.59. The summed E-state index contributed by atoms with van der Waals surface area (Å²) in [6, 6.07) is 10.7. The Kier molecular flexibility index (Phi) is 4.52. The lowest BCUT2D eigenvalue weighted by atomic mass is 10.0. The summed E-state index contributed by atoms with van der Waals surface area (Å²) in [7, 11) is 0. The van der Waals surface area contributed by atoms with Crippen molar-refractivity contribution in [3.63, 3.8) is 0 Å². The lowest BCUT2D eigenvalue weighted by molar-refractivity contribution is 0.110. The van der Waals surface area contributed by atoms with Gasteiger partial charge < -0.3 is 4.52 Å². The normalized spacial score (nSPS) is 18.4. The molecule has 1 aliphatic heterocycles. The molecule has 0 radical (unpaired) electrons. The molecule has 0 saturated carbocycles. The molecule has 1 fully saturated rings. The van der Waals surface area contributed by atoms with Gasteiger partial charge in [0.1, 0.15) is 5.82 Å². The minimum atomic E-state index is -0.173. The van der Waals surface area contributed by atoms with E-state index in [9.17, 15) is 4.39 Å². The molecule has 4 rings (SSSR count). The first-order valence-electron chi connectivity index (χ1n) is 8.53. The fraction of sp³-hybridized carbons (Fsp3) is 0.316. The Bertz CT molecular complexity index is 836. The number of piperidine rings is 1. The summed E-state index contributed by atoms with van der Waals surface area (Å²) in [6.07, 6.45) is 6.55. The van der Waals surface area contributed by atoms with Crippen LogP contribution in [0.4, 0.5) is 4.39 Å². The van der Waals surface area contributed by atoms with Crippen molar-refractivity contribution in [1.82, 2.24) is 20.0 Å². The summed E-state index contributed by atoms with van der Waals surface area (Å²) in [5.74, 6) is 0.961. The molecule has 1 aliphatic rings. The van der Waals surface area contributed by atoms with E-state index >= 15 is 0 Å². The van der Waals surface area contributed by atoms with E-state index < -0.39 is 0 Å². The summed E-state index contributed by atoms with van der Waals surface area (Å²) in [5, 5.41) is 4.09. The number of aromatic nitrogens is 3. The Labute approximate surface area is 145 Å². The average Bonchev–Trinajstić information content (AvgIpc) is 3.15. The van der Waals surface area contributed by atoms with E-state index in [0.29, 0.717) is 23.8 Å². The van der Waals surface area contributed by atoms with E-state index in [4.69, 9.17) is 4.52 Å². The van der Waals surface area contributed by atoms with E-state index in [1.165, 1.54) is 6.07 Å². The van der Waals surface area contributed by atoms with Crippen molar-refractivity contribution in [2.75, 3.05) is 6.54 Å². The molecule has 5 nitrogen and oxygen atoms in total. The van der Waals surface area contributed by atoms with E-state index in [1.54, 1.807) is 18.5 Å². The molecule has 1 saturated heterocycles. The van der Waals surface area contributed by atoms with E-state index in [1.807, 2.05) is 24.3 Å². The van der Waals surface area contributed by atoms with Gasteiger partial charge in [-0.15, -0.1) is 0 Å². The van der Waals surface area contributed by atoms with Crippen LogP contribution in [0.15, 0.2) is 53.3 Å². The molecule has 1 aromatic carbocycles. The zero-order chi connectivity index (χ0) is 17.1. The van der Waals surface area contributed by atoms with Crippen molar-refractivity contribution in [1.29, 1.82) is 0 Å². The van der Waals surface area contributed by atoms with Gasteiger partial charge in [-0.2, -0.15) is 4.98 Å². The second-order valence-electron chi connectivity index (χ2n) is 6.27. The smallest absolute Gasteiger partial charge is 0.244 e. The van der Waals surface area contributed by atoms with E-state index in [0.717, 1.165) is 31.4 Å². The zero-order valence-electron chi connectivity index (χ0n) is 13.8. The number of benzene rings is 1. The Morgan fingerprint density at radius 2 is 2.08 bits per heavy atom. The average molecular weight is 338 g/mol. The summed E-state index contributed by atoms with van der Waals surface area (Å²) < 4.78 is 19.5. The first-order valence-corrected chi connectivity index (χ1v) is 8.53. The maximum atomic E-state index is 14.0. The number of hydrogen-bond acceptors (Lipinski definition) is 5. The van der Waals surface area contributed by atoms with Crippen molar-refractivity contribution in [3.8, 4) is 11.4 Å². The van der Waals surface area contributed by atoms with Crippen molar-refractivity contribution >= 4 is 0 Å². The van der Waals surface area contributed by atoms with Crippen LogP contribution in [0.25, 0.3) is 11.4 Å². The third kappa shape index (κ3) is 3.44. The second-order valence-corrected chi connectivity index (χ2v) is 6.27. The van der Waals surface area contributed by atoms with Crippen LogP contribution < -0.4 is 0 Å². The number of hydrogen-bond donors (Lipinski definition) is 0. The van der Waals surface area contributed by atoms with Gasteiger partial charge in [0.2, 0.25) is 11.7 Å². The topological polar surface area (TPSA) is 55.1 Å². The molecule has 128 valence electrons. The third-order valence-electron chi connectivity index (χ3n) is 4.59. The minimum absolute atomic E-state index is 0.0197. The predicted octanol–water partition coefficient (Wildman–Crippen LogP) is 4.00. The highest BCUT2D eigenvalue weighted by atomic mass is 19.1. The minimum Gasteiger partial charge on any atom is -0.337 e. The van der Waals surface area contributed by atoms with Gasteiger partial charge in [-0.25, -0.2) is 4.39 Å². The number of pyridine rings is 1. The van der Waals surface area contributed by atoms with Gasteiger partial charge in [-0.05, 0) is 37.6 Å². The van der Waals surface area contributed by atoms with Crippen molar-refractivity contribution in [2.45, 2.75) is 31.8 Å². The van der Waals surface area contributed by atoms with Crippen LogP contribution in [0.1, 0.15) is 36.8 Å². The Morgan fingerprint density at radius 3 is 2.92 bits per heavy atom. The maximum Gasteiger partial charge on any atom is 0.244 e. The SMILES string of the molecule is Fc1ccccc1CN1CCCC[C@H]1c1nc(-c2cccnc2)no1. The molecule has 0 amide bonds. The molecule has 0 spiro atoms. The summed E-state index contributed by atoms with van der Waals surface area (Å²) in [5.41, 5.74) is 1.52. The quantitative estimate of drug-likeness (QED) is 0.720. The van der Waals surface area contributed by atoms with Gasteiger partial charge in [0.05, 0.1) is 6.04 Å². The van der Waals surface area contributed by atoms with Crippen LogP contribution in [-0.4, -0.2) is 26.6 Å².